The van der Waals surface area contributed by atoms with Crippen molar-refractivity contribution in [2.75, 3.05) is 5.32 Å². The summed E-state index contributed by atoms with van der Waals surface area (Å²) in [6.07, 6.45) is 0.911. The van der Waals surface area contributed by atoms with E-state index in [1.54, 1.807) is 0 Å². The predicted molar refractivity (Wildman–Crippen MR) is 74.3 cm³/mol. The van der Waals surface area contributed by atoms with E-state index in [4.69, 9.17) is 22.5 Å². The number of carbonyl (C=O) groups is 1. The largest absolute Gasteiger partial charge is 0.409 e. The molecule has 0 aliphatic heterocycles. The molecule has 1 saturated carbocycles. The third-order valence-electron chi connectivity index (χ3n) is 3.60. The van der Waals surface area contributed by atoms with Gasteiger partial charge >= 0.3 is 0 Å². The van der Waals surface area contributed by atoms with E-state index in [9.17, 15) is 9.18 Å². The van der Waals surface area contributed by atoms with Gasteiger partial charge in [0.05, 0.1) is 5.69 Å². The minimum Gasteiger partial charge on any atom is -0.409 e. The number of rotatable bonds is 3. The van der Waals surface area contributed by atoms with Gasteiger partial charge in [0, 0.05) is 5.02 Å². The first-order chi connectivity index (χ1) is 9.39. The third-order valence-corrected chi connectivity index (χ3v) is 3.84. The molecule has 1 aromatic carbocycles. The van der Waals surface area contributed by atoms with Gasteiger partial charge in [-0.25, -0.2) is 4.39 Å². The number of halogens is 2. The van der Waals surface area contributed by atoms with Gasteiger partial charge in [0.25, 0.3) is 0 Å². The van der Waals surface area contributed by atoms with Crippen molar-refractivity contribution in [2.45, 2.75) is 19.8 Å². The second-order valence-corrected chi connectivity index (χ2v) is 5.60. The Morgan fingerprint density at radius 2 is 2.25 bits per heavy atom. The molecule has 5 nitrogen and oxygen atoms in total. The first-order valence-corrected chi connectivity index (χ1v) is 6.51. The normalized spacial score (nSPS) is 25.9. The van der Waals surface area contributed by atoms with Gasteiger partial charge < -0.3 is 16.3 Å². The van der Waals surface area contributed by atoms with E-state index in [1.165, 1.54) is 12.1 Å². The number of nitrogens with two attached hydrogens (primary N) is 1. The van der Waals surface area contributed by atoms with Gasteiger partial charge in [-0.15, -0.1) is 0 Å². The zero-order chi connectivity index (χ0) is 14.9. The van der Waals surface area contributed by atoms with Gasteiger partial charge in [0.2, 0.25) is 5.91 Å². The molecule has 0 spiro atoms. The number of carbonyl (C=O) groups excluding carboxylic acids is 1. The smallest absolute Gasteiger partial charge is 0.238 e. The van der Waals surface area contributed by atoms with E-state index in [-0.39, 0.29) is 17.4 Å². The minimum atomic E-state index is -1.08. The molecule has 7 heteroatoms. The number of hydrogen-bond acceptors (Lipinski definition) is 3. The number of nitrogens with one attached hydrogen (secondary N) is 1. The van der Waals surface area contributed by atoms with Crippen molar-refractivity contribution in [1.82, 2.24) is 0 Å². The van der Waals surface area contributed by atoms with Crippen molar-refractivity contribution in [1.29, 1.82) is 0 Å². The molecule has 1 aromatic rings. The number of hydrogen-bond donors (Lipinski definition) is 3. The second kappa shape index (κ2) is 5.28. The average molecular weight is 300 g/mol. The Morgan fingerprint density at radius 1 is 1.60 bits per heavy atom. The standard InChI is InChI=1S/C13H15ClFN3O2/c1-7-5-13(6-7,11(16)18-20)12(19)17-10-4-8(14)2-3-9(10)15/h2-4,7,20H,5-6H2,1H3,(H2,16,18)(H,17,19). The van der Waals surface area contributed by atoms with Gasteiger partial charge in [0.1, 0.15) is 11.2 Å². The molecule has 0 unspecified atom stereocenters. The lowest BCUT2D eigenvalue weighted by atomic mass is 9.61. The summed E-state index contributed by atoms with van der Waals surface area (Å²) in [5, 5.41) is 14.5. The Hall–Kier alpha value is -1.82. The van der Waals surface area contributed by atoms with Crippen LogP contribution in [0.1, 0.15) is 19.8 Å². The predicted octanol–water partition coefficient (Wildman–Crippen LogP) is 2.58. The molecule has 1 fully saturated rings. The Bertz CT molecular complexity index is 571. The lowest BCUT2D eigenvalue weighted by molar-refractivity contribution is -0.127. The molecule has 0 bridgehead atoms. The highest BCUT2D eigenvalue weighted by Gasteiger charge is 2.52. The molecule has 0 heterocycles. The van der Waals surface area contributed by atoms with Crippen LogP contribution in [0, 0.1) is 17.2 Å². The SMILES string of the molecule is CC1CC(C(=O)Nc2cc(Cl)ccc2F)(/C(N)=N/O)C1. The van der Waals surface area contributed by atoms with Crippen LogP contribution >= 0.6 is 11.6 Å². The first-order valence-electron chi connectivity index (χ1n) is 6.13. The molecular formula is C13H15ClFN3O2. The summed E-state index contributed by atoms with van der Waals surface area (Å²) in [7, 11) is 0. The van der Waals surface area contributed by atoms with E-state index in [2.05, 4.69) is 10.5 Å². The molecule has 0 aromatic heterocycles. The maximum absolute atomic E-state index is 13.6. The van der Waals surface area contributed by atoms with Gasteiger partial charge in [0.15, 0.2) is 5.84 Å². The number of oxime groups is 1. The van der Waals surface area contributed by atoms with Crippen LogP contribution < -0.4 is 11.1 Å². The summed E-state index contributed by atoms with van der Waals surface area (Å²) in [4.78, 5) is 12.3. The van der Waals surface area contributed by atoms with Crippen molar-refractivity contribution in [3.8, 4) is 0 Å². The summed E-state index contributed by atoms with van der Waals surface area (Å²) < 4.78 is 13.6. The highest BCUT2D eigenvalue weighted by molar-refractivity contribution is 6.31. The van der Waals surface area contributed by atoms with E-state index < -0.39 is 17.1 Å². The molecule has 0 radical (unpaired) electrons. The maximum atomic E-state index is 13.6. The number of nitrogens with zero attached hydrogens (tertiary/aromatic N) is 1. The van der Waals surface area contributed by atoms with Crippen LogP contribution in [0.4, 0.5) is 10.1 Å². The number of anilines is 1. The van der Waals surface area contributed by atoms with Gasteiger partial charge in [-0.2, -0.15) is 0 Å². The van der Waals surface area contributed by atoms with Crippen molar-refractivity contribution < 1.29 is 14.4 Å². The molecule has 1 aliphatic rings. The van der Waals surface area contributed by atoms with Gasteiger partial charge in [-0.1, -0.05) is 23.7 Å². The van der Waals surface area contributed by atoms with E-state index in [0.717, 1.165) is 6.07 Å². The summed E-state index contributed by atoms with van der Waals surface area (Å²) in [5.41, 5.74) is 4.52. The Morgan fingerprint density at radius 3 is 2.80 bits per heavy atom. The molecule has 2 rings (SSSR count). The number of benzene rings is 1. The molecule has 1 aliphatic carbocycles. The fourth-order valence-electron chi connectivity index (χ4n) is 2.57. The maximum Gasteiger partial charge on any atom is 0.238 e. The van der Waals surface area contributed by atoms with Crippen LogP contribution in [0.2, 0.25) is 5.02 Å². The summed E-state index contributed by atoms with van der Waals surface area (Å²) >= 11 is 5.77. The van der Waals surface area contributed by atoms with Crippen LogP contribution in [-0.2, 0) is 4.79 Å². The van der Waals surface area contributed by atoms with Gasteiger partial charge in [-0.05, 0) is 37.0 Å². The Balaban J connectivity index is 2.24. The topological polar surface area (TPSA) is 87.7 Å². The van der Waals surface area contributed by atoms with Crippen molar-refractivity contribution >= 4 is 29.0 Å². The molecular weight excluding hydrogens is 285 g/mol. The number of amidine groups is 1. The van der Waals surface area contributed by atoms with Crippen LogP contribution in [0.3, 0.4) is 0 Å². The molecule has 4 N–H and O–H groups in total. The van der Waals surface area contributed by atoms with Crippen LogP contribution in [0.25, 0.3) is 0 Å². The molecule has 108 valence electrons. The van der Waals surface area contributed by atoms with Crippen molar-refractivity contribution in [3.63, 3.8) is 0 Å². The highest BCUT2D eigenvalue weighted by Crippen LogP contribution is 2.46. The van der Waals surface area contributed by atoms with Crippen LogP contribution in [0.15, 0.2) is 23.4 Å². The zero-order valence-corrected chi connectivity index (χ0v) is 11.6. The third kappa shape index (κ3) is 2.43. The quantitative estimate of drug-likeness (QED) is 0.347. The molecule has 0 saturated heterocycles. The monoisotopic (exact) mass is 299 g/mol. The number of amides is 1. The van der Waals surface area contributed by atoms with E-state index in [0.29, 0.717) is 17.9 Å². The van der Waals surface area contributed by atoms with Crippen molar-refractivity contribution in [2.24, 2.45) is 22.2 Å². The van der Waals surface area contributed by atoms with Crippen molar-refractivity contribution in [3.05, 3.63) is 29.0 Å². The Labute approximate surface area is 120 Å². The highest BCUT2D eigenvalue weighted by atomic mass is 35.5. The fraction of sp³-hybridized carbons (Fsp3) is 0.385. The zero-order valence-electron chi connectivity index (χ0n) is 10.9. The second-order valence-electron chi connectivity index (χ2n) is 5.16. The van der Waals surface area contributed by atoms with E-state index >= 15 is 0 Å². The lowest BCUT2D eigenvalue weighted by Crippen LogP contribution is -2.54. The first kappa shape index (κ1) is 14.6. The lowest BCUT2D eigenvalue weighted by Gasteiger charge is -2.43. The summed E-state index contributed by atoms with van der Waals surface area (Å²) in [5.74, 6) is -0.961. The van der Waals surface area contributed by atoms with E-state index in [1.807, 2.05) is 6.92 Å². The Kier molecular flexibility index (Phi) is 3.85. The summed E-state index contributed by atoms with van der Waals surface area (Å²) in [6.45, 7) is 1.95. The fourth-order valence-corrected chi connectivity index (χ4v) is 2.74. The summed E-state index contributed by atoms with van der Waals surface area (Å²) in [6, 6.07) is 3.87. The minimum absolute atomic E-state index is 0.0211. The van der Waals surface area contributed by atoms with Gasteiger partial charge in [-0.3, -0.25) is 4.79 Å². The van der Waals surface area contributed by atoms with Crippen LogP contribution in [-0.4, -0.2) is 17.0 Å². The average Bonchev–Trinajstić information content (AvgIpc) is 2.38. The molecule has 0 atom stereocenters. The van der Waals surface area contributed by atoms with Crippen LogP contribution in [0.5, 0.6) is 0 Å². The molecule has 1 amide bonds. The molecule has 20 heavy (non-hydrogen) atoms.